The van der Waals surface area contributed by atoms with Crippen LogP contribution in [-0.2, 0) is 27.3 Å². The number of nitrogens with two attached hydrogens (primary N) is 1. The Morgan fingerprint density at radius 2 is 1.84 bits per heavy atom. The summed E-state index contributed by atoms with van der Waals surface area (Å²) in [6.07, 6.45) is 4.10. The van der Waals surface area contributed by atoms with Crippen LogP contribution in [0.4, 0.5) is 5.69 Å². The summed E-state index contributed by atoms with van der Waals surface area (Å²) in [6, 6.07) is 14.8. The summed E-state index contributed by atoms with van der Waals surface area (Å²) in [7, 11) is 0. The van der Waals surface area contributed by atoms with Gasteiger partial charge >= 0.3 is 0 Å². The van der Waals surface area contributed by atoms with Crippen LogP contribution in [0.1, 0.15) is 18.1 Å². The summed E-state index contributed by atoms with van der Waals surface area (Å²) < 4.78 is 1.70. The number of anilines is 1. The summed E-state index contributed by atoms with van der Waals surface area (Å²) in [5.74, 6) is -1.56. The maximum atomic E-state index is 13.3. The van der Waals surface area contributed by atoms with E-state index in [2.05, 4.69) is 5.32 Å². The van der Waals surface area contributed by atoms with Crippen LogP contribution in [-0.4, -0.2) is 27.4 Å². The number of para-hydroxylation sites is 1. The van der Waals surface area contributed by atoms with E-state index in [4.69, 9.17) is 18.0 Å². The van der Waals surface area contributed by atoms with Gasteiger partial charge in [-0.15, -0.1) is 0 Å². The first-order valence-corrected chi connectivity index (χ1v) is 10.2. The summed E-state index contributed by atoms with van der Waals surface area (Å²) >= 11 is 5.26. The lowest BCUT2D eigenvalue weighted by Gasteiger charge is -2.29. The van der Waals surface area contributed by atoms with E-state index in [1.54, 1.807) is 22.9 Å². The Kier molecular flexibility index (Phi) is 5.39. The average molecular weight is 433 g/mol. The van der Waals surface area contributed by atoms with Crippen molar-refractivity contribution in [1.29, 1.82) is 0 Å². The first-order chi connectivity index (χ1) is 14.9. The van der Waals surface area contributed by atoms with Crippen molar-refractivity contribution >= 4 is 57.7 Å². The third kappa shape index (κ3) is 3.85. The molecule has 3 N–H and O–H groups in total. The van der Waals surface area contributed by atoms with E-state index in [1.807, 2.05) is 43.3 Å². The molecule has 3 aromatic rings. The Morgan fingerprint density at radius 1 is 1.13 bits per heavy atom. The molecule has 2 aromatic carbocycles. The fraction of sp³-hybridized carbons (Fsp3) is 0.130. The lowest BCUT2D eigenvalue weighted by Crippen LogP contribution is -2.54. The number of aryl methyl sites for hydroxylation is 1. The van der Waals surface area contributed by atoms with Gasteiger partial charge in [-0.2, -0.15) is 0 Å². The number of thiocarbonyl (C=S) groups is 1. The van der Waals surface area contributed by atoms with Crippen molar-refractivity contribution in [1.82, 2.24) is 9.88 Å². The van der Waals surface area contributed by atoms with Crippen LogP contribution in [0.15, 0.2) is 60.3 Å². The Labute approximate surface area is 184 Å². The average Bonchev–Trinajstić information content (AvgIpc) is 3.08. The van der Waals surface area contributed by atoms with Crippen LogP contribution in [0, 0.1) is 0 Å². The van der Waals surface area contributed by atoms with Crippen LogP contribution in [0.2, 0.25) is 0 Å². The number of fused-ring (bicyclic) bond motifs is 1. The zero-order valence-electron chi connectivity index (χ0n) is 16.8. The SMILES string of the molecule is CCc1ccc(N2C(=O)/C(=C/c3cn(CC(N)=O)c4ccccc34)C(=O)NC2=S)cc1. The monoisotopic (exact) mass is 432 g/mol. The highest BCUT2D eigenvalue weighted by Crippen LogP contribution is 2.27. The molecule has 7 nitrogen and oxygen atoms in total. The summed E-state index contributed by atoms with van der Waals surface area (Å²) in [4.78, 5) is 38.6. The third-order valence-corrected chi connectivity index (χ3v) is 5.43. The Bertz CT molecular complexity index is 1260. The largest absolute Gasteiger partial charge is 0.368 e. The van der Waals surface area contributed by atoms with Gasteiger partial charge in [0, 0.05) is 22.7 Å². The van der Waals surface area contributed by atoms with Gasteiger partial charge in [-0.05, 0) is 48.5 Å². The highest BCUT2D eigenvalue weighted by atomic mass is 32.1. The number of carbonyl (C=O) groups excluding carboxylic acids is 3. The third-order valence-electron chi connectivity index (χ3n) is 5.15. The first-order valence-electron chi connectivity index (χ1n) is 9.75. The smallest absolute Gasteiger partial charge is 0.270 e. The molecule has 1 saturated heterocycles. The minimum atomic E-state index is -0.567. The number of benzene rings is 2. The number of hydrogen-bond acceptors (Lipinski definition) is 4. The van der Waals surface area contributed by atoms with E-state index in [1.165, 1.54) is 11.0 Å². The Balaban J connectivity index is 1.78. The molecule has 2 heterocycles. The fourth-order valence-electron chi connectivity index (χ4n) is 3.62. The maximum Gasteiger partial charge on any atom is 0.270 e. The molecule has 8 heteroatoms. The standard InChI is InChI=1S/C23H20N4O3S/c1-2-14-7-9-16(10-8-14)27-22(30)18(21(29)25-23(27)31)11-15-12-26(13-20(24)28)19-6-4-3-5-17(15)19/h3-12H,2,13H2,1H3,(H2,24,28)(H,25,29,31)/b18-11+. The van der Waals surface area contributed by atoms with E-state index in [-0.39, 0.29) is 17.2 Å². The van der Waals surface area contributed by atoms with Crippen molar-refractivity contribution in [2.45, 2.75) is 19.9 Å². The van der Waals surface area contributed by atoms with Gasteiger partial charge in [-0.25, -0.2) is 0 Å². The van der Waals surface area contributed by atoms with Crippen LogP contribution in [0.5, 0.6) is 0 Å². The van der Waals surface area contributed by atoms with Gasteiger partial charge in [-0.3, -0.25) is 24.6 Å². The first kappa shape index (κ1) is 20.5. The van der Waals surface area contributed by atoms with Gasteiger partial charge in [-0.1, -0.05) is 37.3 Å². The van der Waals surface area contributed by atoms with Gasteiger partial charge in [0.25, 0.3) is 11.8 Å². The molecule has 0 radical (unpaired) electrons. The lowest BCUT2D eigenvalue weighted by atomic mass is 10.1. The normalized spacial score (nSPS) is 15.6. The molecule has 1 aromatic heterocycles. The minimum Gasteiger partial charge on any atom is -0.368 e. The molecule has 1 aliphatic heterocycles. The number of nitrogens with one attached hydrogen (secondary N) is 1. The lowest BCUT2D eigenvalue weighted by molar-refractivity contribution is -0.122. The van der Waals surface area contributed by atoms with Crippen LogP contribution >= 0.6 is 12.2 Å². The minimum absolute atomic E-state index is 0.0101. The molecule has 0 aliphatic carbocycles. The second kappa shape index (κ2) is 8.16. The Hall–Kier alpha value is -3.78. The number of nitrogens with zero attached hydrogens (tertiary/aromatic N) is 2. The molecule has 1 aliphatic rings. The molecule has 31 heavy (non-hydrogen) atoms. The van der Waals surface area contributed by atoms with Crippen molar-refractivity contribution in [2.75, 3.05) is 4.90 Å². The number of carbonyl (C=O) groups is 3. The quantitative estimate of drug-likeness (QED) is 0.368. The Morgan fingerprint density at radius 3 is 2.52 bits per heavy atom. The van der Waals surface area contributed by atoms with Crippen LogP contribution < -0.4 is 16.0 Å². The molecule has 156 valence electrons. The number of hydrogen-bond donors (Lipinski definition) is 2. The molecule has 0 bridgehead atoms. The van der Waals surface area contributed by atoms with Gasteiger partial charge in [0.15, 0.2) is 5.11 Å². The number of rotatable bonds is 5. The van der Waals surface area contributed by atoms with E-state index in [0.717, 1.165) is 22.9 Å². The van der Waals surface area contributed by atoms with Gasteiger partial charge in [0.05, 0.1) is 5.69 Å². The van der Waals surface area contributed by atoms with E-state index in [9.17, 15) is 14.4 Å². The predicted octanol–water partition coefficient (Wildman–Crippen LogP) is 2.52. The van der Waals surface area contributed by atoms with Crippen molar-refractivity contribution in [3.8, 4) is 0 Å². The molecule has 0 spiro atoms. The van der Waals surface area contributed by atoms with Crippen molar-refractivity contribution in [3.05, 3.63) is 71.4 Å². The highest BCUT2D eigenvalue weighted by Gasteiger charge is 2.34. The summed E-state index contributed by atoms with van der Waals surface area (Å²) in [6.45, 7) is 2.03. The topological polar surface area (TPSA) is 97.4 Å². The van der Waals surface area contributed by atoms with E-state index < -0.39 is 17.7 Å². The highest BCUT2D eigenvalue weighted by molar-refractivity contribution is 7.80. The molecular weight excluding hydrogens is 412 g/mol. The second-order valence-corrected chi connectivity index (χ2v) is 7.56. The molecule has 4 rings (SSSR count). The number of primary amides is 1. The molecule has 0 unspecified atom stereocenters. The number of amides is 3. The summed E-state index contributed by atoms with van der Waals surface area (Å²) in [5, 5.41) is 3.42. The van der Waals surface area contributed by atoms with Gasteiger partial charge in [0.2, 0.25) is 5.91 Å². The molecular formula is C23H20N4O3S. The van der Waals surface area contributed by atoms with Crippen molar-refractivity contribution < 1.29 is 14.4 Å². The predicted molar refractivity (Wildman–Crippen MR) is 123 cm³/mol. The zero-order valence-corrected chi connectivity index (χ0v) is 17.6. The second-order valence-electron chi connectivity index (χ2n) is 7.17. The van der Waals surface area contributed by atoms with E-state index in [0.29, 0.717) is 11.3 Å². The fourth-order valence-corrected chi connectivity index (χ4v) is 3.90. The molecule has 0 atom stereocenters. The maximum absolute atomic E-state index is 13.3. The van der Waals surface area contributed by atoms with Crippen LogP contribution in [0.3, 0.4) is 0 Å². The summed E-state index contributed by atoms with van der Waals surface area (Å²) in [5.41, 5.74) is 8.42. The van der Waals surface area contributed by atoms with Crippen molar-refractivity contribution in [3.63, 3.8) is 0 Å². The van der Waals surface area contributed by atoms with Gasteiger partial charge < -0.3 is 10.3 Å². The van der Waals surface area contributed by atoms with Gasteiger partial charge in [0.1, 0.15) is 12.1 Å². The van der Waals surface area contributed by atoms with E-state index >= 15 is 0 Å². The molecule has 3 amide bonds. The molecule has 0 saturated carbocycles. The van der Waals surface area contributed by atoms with Crippen LogP contribution in [0.25, 0.3) is 17.0 Å². The van der Waals surface area contributed by atoms with Crippen molar-refractivity contribution in [2.24, 2.45) is 5.73 Å². The zero-order chi connectivity index (χ0) is 22.1. The molecule has 1 fully saturated rings. The number of aromatic nitrogens is 1.